The molecule has 0 atom stereocenters. The van der Waals surface area contributed by atoms with Crippen LogP contribution in [0.4, 0.5) is 20.7 Å². The van der Waals surface area contributed by atoms with Gasteiger partial charge < -0.3 is 20.3 Å². The second kappa shape index (κ2) is 8.83. The van der Waals surface area contributed by atoms with Gasteiger partial charge in [-0.05, 0) is 45.0 Å². The van der Waals surface area contributed by atoms with Crippen LogP contribution in [0.25, 0.3) is 0 Å². The van der Waals surface area contributed by atoms with Gasteiger partial charge in [-0.3, -0.25) is 5.32 Å². The van der Waals surface area contributed by atoms with E-state index in [4.69, 9.17) is 10.5 Å². The maximum absolute atomic E-state index is 13.9. The number of piperidine rings is 1. The van der Waals surface area contributed by atoms with E-state index < -0.39 is 5.82 Å². The molecule has 0 saturated carbocycles. The number of benzene rings is 1. The summed E-state index contributed by atoms with van der Waals surface area (Å²) in [7, 11) is 4.12. The Morgan fingerprint density at radius 2 is 2.07 bits per heavy atom. The summed E-state index contributed by atoms with van der Waals surface area (Å²) < 4.78 is 19.3. The molecule has 2 aromatic rings. The van der Waals surface area contributed by atoms with Crippen LogP contribution in [0.1, 0.15) is 12.8 Å². The molecule has 1 aliphatic heterocycles. The number of likely N-dealkylation sites (tertiary alicyclic amines) is 1. The van der Waals surface area contributed by atoms with E-state index in [2.05, 4.69) is 34.3 Å². The number of ether oxygens (including phenoxy) is 1. The average molecular weight is 388 g/mol. The van der Waals surface area contributed by atoms with Crippen molar-refractivity contribution in [3.63, 3.8) is 0 Å². The fourth-order valence-electron chi connectivity index (χ4n) is 3.20. The van der Waals surface area contributed by atoms with Crippen LogP contribution in [0.5, 0.6) is 11.6 Å². The third-order valence-corrected chi connectivity index (χ3v) is 4.57. The fraction of sp³-hybridized carbons (Fsp3) is 0.421. The van der Waals surface area contributed by atoms with Crippen molar-refractivity contribution < 1.29 is 13.9 Å². The highest BCUT2D eigenvalue weighted by Gasteiger charge is 2.23. The van der Waals surface area contributed by atoms with Crippen molar-refractivity contribution in [3.05, 3.63) is 36.4 Å². The number of aromatic nitrogens is 2. The maximum atomic E-state index is 13.9. The van der Waals surface area contributed by atoms with Crippen LogP contribution in [0.15, 0.2) is 30.6 Å². The van der Waals surface area contributed by atoms with Crippen molar-refractivity contribution in [1.82, 2.24) is 19.8 Å². The number of nitrogens with two attached hydrogens (primary N) is 1. The number of carbonyl (C=O) groups is 1. The molecule has 0 bridgehead atoms. The highest BCUT2D eigenvalue weighted by atomic mass is 19.1. The summed E-state index contributed by atoms with van der Waals surface area (Å²) in [5.74, 6) is 0.422. The average Bonchev–Trinajstić information content (AvgIpc) is 2.64. The van der Waals surface area contributed by atoms with Gasteiger partial charge in [-0.2, -0.15) is 0 Å². The highest BCUT2D eigenvalue weighted by Crippen LogP contribution is 2.25. The Balaban J connectivity index is 1.58. The van der Waals surface area contributed by atoms with Gasteiger partial charge in [-0.25, -0.2) is 19.2 Å². The van der Waals surface area contributed by atoms with Crippen molar-refractivity contribution in [3.8, 4) is 11.6 Å². The molecular weight excluding hydrogens is 363 g/mol. The van der Waals surface area contributed by atoms with Gasteiger partial charge in [-0.15, -0.1) is 0 Å². The van der Waals surface area contributed by atoms with Crippen LogP contribution in [0, 0.1) is 11.7 Å². The third-order valence-electron chi connectivity index (χ3n) is 4.57. The molecule has 150 valence electrons. The number of nitrogens with one attached hydrogen (secondary N) is 1. The van der Waals surface area contributed by atoms with E-state index in [1.165, 1.54) is 30.6 Å². The Bertz CT molecular complexity index is 824. The predicted molar refractivity (Wildman–Crippen MR) is 105 cm³/mol. The lowest BCUT2D eigenvalue weighted by molar-refractivity contribution is 0.170. The lowest BCUT2D eigenvalue weighted by Gasteiger charge is -2.33. The minimum absolute atomic E-state index is 0.00635. The van der Waals surface area contributed by atoms with E-state index in [1.54, 1.807) is 4.90 Å². The molecule has 2 amide bonds. The van der Waals surface area contributed by atoms with Gasteiger partial charge in [0.25, 0.3) is 0 Å². The summed E-state index contributed by atoms with van der Waals surface area (Å²) in [5, 5.41) is 2.75. The zero-order valence-electron chi connectivity index (χ0n) is 16.1. The van der Waals surface area contributed by atoms with E-state index in [0.717, 1.165) is 19.4 Å². The fourth-order valence-corrected chi connectivity index (χ4v) is 3.20. The summed E-state index contributed by atoms with van der Waals surface area (Å²) >= 11 is 0. The molecule has 8 nitrogen and oxygen atoms in total. The molecule has 1 aliphatic rings. The van der Waals surface area contributed by atoms with Gasteiger partial charge in [0, 0.05) is 37.5 Å². The topological polar surface area (TPSA) is 96.6 Å². The minimum Gasteiger partial charge on any atom is -0.436 e. The summed E-state index contributed by atoms with van der Waals surface area (Å²) in [6, 6.07) is 5.35. The van der Waals surface area contributed by atoms with E-state index in [9.17, 15) is 9.18 Å². The van der Waals surface area contributed by atoms with Crippen LogP contribution in [-0.4, -0.2) is 59.5 Å². The summed E-state index contributed by atoms with van der Waals surface area (Å²) in [4.78, 5) is 24.4. The maximum Gasteiger partial charge on any atom is 0.323 e. The van der Waals surface area contributed by atoms with Gasteiger partial charge in [-0.1, -0.05) is 0 Å². The number of rotatable bonds is 5. The summed E-state index contributed by atoms with van der Waals surface area (Å²) in [5.41, 5.74) is 5.83. The van der Waals surface area contributed by atoms with Crippen LogP contribution >= 0.6 is 0 Å². The molecule has 1 saturated heterocycles. The number of nitrogen functional groups attached to an aromatic ring is 1. The zero-order chi connectivity index (χ0) is 20.1. The first-order chi connectivity index (χ1) is 13.4. The van der Waals surface area contributed by atoms with Crippen LogP contribution < -0.4 is 15.8 Å². The normalized spacial score (nSPS) is 14.9. The predicted octanol–water partition coefficient (Wildman–Crippen LogP) is 2.80. The third kappa shape index (κ3) is 5.29. The van der Waals surface area contributed by atoms with Crippen LogP contribution in [0.3, 0.4) is 0 Å². The molecule has 1 aromatic heterocycles. The number of halogens is 1. The Morgan fingerprint density at radius 3 is 2.75 bits per heavy atom. The summed E-state index contributed by atoms with van der Waals surface area (Å²) in [6.45, 7) is 2.44. The molecule has 9 heteroatoms. The van der Waals surface area contributed by atoms with Crippen molar-refractivity contribution in [1.29, 1.82) is 0 Å². The molecular formula is C19H25FN6O2. The number of nitrogens with zero attached hydrogens (tertiary/aromatic N) is 4. The Morgan fingerprint density at radius 1 is 1.32 bits per heavy atom. The number of carbonyl (C=O) groups excluding carboxylic acids is 1. The Hall–Kier alpha value is -2.94. The number of anilines is 2. The van der Waals surface area contributed by atoms with Crippen molar-refractivity contribution >= 4 is 17.5 Å². The molecule has 28 heavy (non-hydrogen) atoms. The van der Waals surface area contributed by atoms with Gasteiger partial charge in [0.2, 0.25) is 5.88 Å². The monoisotopic (exact) mass is 388 g/mol. The quantitative estimate of drug-likeness (QED) is 0.765. The first-order valence-electron chi connectivity index (χ1n) is 9.16. The molecule has 0 spiro atoms. The smallest absolute Gasteiger partial charge is 0.323 e. The molecule has 0 radical (unpaired) electrons. The Kier molecular flexibility index (Phi) is 6.25. The molecule has 1 fully saturated rings. The standard InChI is InChI=1S/C19H25FN6O2/c1-25(2)11-13-5-7-26(8-6-13)19(27)24-17-10-18(23-12-22-17)28-16-4-3-14(21)9-15(16)20/h3-4,9-10,12-13H,5-8,11,21H2,1-2H3,(H,22,23,24,27). The lowest BCUT2D eigenvalue weighted by Crippen LogP contribution is -2.42. The van der Waals surface area contributed by atoms with Crippen molar-refractivity contribution in [2.45, 2.75) is 12.8 Å². The summed E-state index contributed by atoms with van der Waals surface area (Å²) in [6.07, 6.45) is 3.20. The zero-order valence-corrected chi connectivity index (χ0v) is 16.1. The highest BCUT2D eigenvalue weighted by molar-refractivity contribution is 5.88. The molecule has 2 heterocycles. The first kappa shape index (κ1) is 19.8. The van der Waals surface area contributed by atoms with Gasteiger partial charge in [0.15, 0.2) is 11.6 Å². The largest absolute Gasteiger partial charge is 0.436 e. The number of urea groups is 1. The van der Waals surface area contributed by atoms with Crippen LogP contribution in [-0.2, 0) is 0 Å². The first-order valence-corrected chi connectivity index (χ1v) is 9.16. The number of hydrogen-bond donors (Lipinski definition) is 2. The van der Waals surface area contributed by atoms with Crippen molar-refractivity contribution in [2.24, 2.45) is 5.92 Å². The molecule has 3 N–H and O–H groups in total. The van der Waals surface area contributed by atoms with E-state index in [1.807, 2.05) is 0 Å². The van der Waals surface area contributed by atoms with Crippen LogP contribution in [0.2, 0.25) is 0 Å². The van der Waals surface area contributed by atoms with Gasteiger partial charge >= 0.3 is 6.03 Å². The van der Waals surface area contributed by atoms with E-state index in [0.29, 0.717) is 30.5 Å². The Labute approximate surface area is 163 Å². The van der Waals surface area contributed by atoms with E-state index in [-0.39, 0.29) is 17.7 Å². The second-order valence-corrected chi connectivity index (χ2v) is 7.16. The lowest BCUT2D eigenvalue weighted by atomic mass is 9.97. The second-order valence-electron chi connectivity index (χ2n) is 7.16. The SMILES string of the molecule is CN(C)CC1CCN(C(=O)Nc2cc(Oc3ccc(N)cc3F)ncn2)CC1. The van der Waals surface area contributed by atoms with E-state index >= 15 is 0 Å². The number of hydrogen-bond acceptors (Lipinski definition) is 6. The van der Waals surface area contributed by atoms with Crippen molar-refractivity contribution in [2.75, 3.05) is 44.8 Å². The van der Waals surface area contributed by atoms with Gasteiger partial charge in [0.1, 0.15) is 12.1 Å². The van der Waals surface area contributed by atoms with Gasteiger partial charge in [0.05, 0.1) is 0 Å². The minimum atomic E-state index is -0.593. The molecule has 0 aliphatic carbocycles. The molecule has 0 unspecified atom stereocenters. The molecule has 3 rings (SSSR count). The molecule has 1 aromatic carbocycles. The number of amides is 2.